The van der Waals surface area contributed by atoms with Gasteiger partial charge in [-0.15, -0.1) is 43.1 Å². The van der Waals surface area contributed by atoms with E-state index in [2.05, 4.69) is 83.3 Å². The van der Waals surface area contributed by atoms with Crippen molar-refractivity contribution in [3.05, 3.63) is 125 Å². The van der Waals surface area contributed by atoms with Crippen LogP contribution in [0.2, 0.25) is 10.0 Å². The number of aliphatic imine (C=N–C) groups is 2. The molecule has 0 aliphatic carbocycles. The van der Waals surface area contributed by atoms with Crippen molar-refractivity contribution in [1.82, 2.24) is 34.8 Å². The zero-order valence-corrected chi connectivity index (χ0v) is 42.4. The third-order valence-electron chi connectivity index (χ3n) is 11.7. The largest absolute Gasteiger partial charge is 0.353 e. The second-order valence-corrected chi connectivity index (χ2v) is 22.9. The third kappa shape index (κ3) is 9.05. The molecule has 2 aromatic carbocycles. The van der Waals surface area contributed by atoms with Gasteiger partial charge in [-0.25, -0.2) is 0 Å². The minimum atomic E-state index is -0.836. The summed E-state index contributed by atoms with van der Waals surface area (Å²) in [7, 11) is 0. The molecule has 6 aromatic rings. The first-order chi connectivity index (χ1) is 29.8. The van der Waals surface area contributed by atoms with Crippen LogP contribution in [0.4, 0.5) is 0 Å². The van der Waals surface area contributed by atoms with Crippen LogP contribution in [0, 0.1) is 52.4 Å². The van der Waals surface area contributed by atoms with E-state index in [1.54, 1.807) is 22.7 Å². The Morgan fingerprint density at radius 1 is 0.641 bits per heavy atom. The summed E-state index contributed by atoms with van der Waals surface area (Å²) in [4.78, 5) is 38.8. The number of ketones is 1. The van der Waals surface area contributed by atoms with Gasteiger partial charge in [0, 0.05) is 66.9 Å². The Balaban J connectivity index is 0.000000191. The molecule has 0 bridgehead atoms. The highest BCUT2D eigenvalue weighted by atomic mass is 35.5. The average Bonchev–Trinajstić information content (AvgIpc) is 3.91. The first kappa shape index (κ1) is 47.2. The normalized spacial score (nSPS) is 18.0. The predicted molar refractivity (Wildman–Crippen MR) is 262 cm³/mol. The number of nitrogens with one attached hydrogen (secondary N) is 1. The van der Waals surface area contributed by atoms with Gasteiger partial charge in [-0.05, 0) is 96.2 Å². The monoisotopic (exact) mass is 937 g/mol. The van der Waals surface area contributed by atoms with Crippen LogP contribution >= 0.6 is 45.9 Å². The molecule has 1 amide bonds. The smallest absolute Gasteiger partial charge is 0.225 e. The van der Waals surface area contributed by atoms with Crippen LogP contribution in [0.5, 0.6) is 0 Å². The number of aryl methyl sites for hydroxylation is 4. The van der Waals surface area contributed by atoms with E-state index < -0.39 is 16.5 Å². The van der Waals surface area contributed by atoms with Crippen LogP contribution in [0.3, 0.4) is 0 Å². The molecule has 1 N–H and O–H groups in total. The van der Waals surface area contributed by atoms with Crippen molar-refractivity contribution in [3.8, 4) is 10.0 Å². The van der Waals surface area contributed by atoms with Gasteiger partial charge < -0.3 is 5.32 Å². The minimum Gasteiger partial charge on any atom is -0.353 e. The van der Waals surface area contributed by atoms with E-state index in [4.69, 9.17) is 33.2 Å². The van der Waals surface area contributed by atoms with Gasteiger partial charge in [0.1, 0.15) is 38.5 Å². The van der Waals surface area contributed by atoms with Crippen molar-refractivity contribution in [2.75, 3.05) is 6.54 Å². The molecule has 0 saturated carbocycles. The maximum Gasteiger partial charge on any atom is 0.225 e. The zero-order valence-electron chi connectivity index (χ0n) is 39.2. The number of rotatable bonds is 7. The summed E-state index contributed by atoms with van der Waals surface area (Å²) in [5.74, 6) is 3.16. The zero-order chi connectivity index (χ0) is 46.8. The fraction of sp³-hybridized carbons (Fsp3) is 0.429. The van der Waals surface area contributed by atoms with E-state index in [0.717, 1.165) is 61.2 Å². The van der Waals surface area contributed by atoms with Crippen LogP contribution < -0.4 is 5.32 Å². The highest BCUT2D eigenvalue weighted by Gasteiger charge is 2.42. The number of Topliss-reactive ketones (excluding diaryl/α,β-unsaturated/α-hetero) is 1. The van der Waals surface area contributed by atoms with E-state index in [1.807, 2.05) is 97.0 Å². The van der Waals surface area contributed by atoms with Crippen LogP contribution in [-0.2, 0) is 20.7 Å². The highest BCUT2D eigenvalue weighted by molar-refractivity contribution is 7.15. The SMILES string of the molecule is Cc1sc2c(c1C)C(c1ccc(Cl)cc1)=NC(C)(CC(=O)CC(C)(C)C)c1nnc(C)n1-2.Cc1sc2c(c1C)C(c1ccc(Cl)cc1)=NC(C)(CNC(=O)C(C)(C)C)c1nnc(C)n1-2. The minimum absolute atomic E-state index is 0.0317. The lowest BCUT2D eigenvalue weighted by atomic mass is 9.84. The molecule has 6 heterocycles. The first-order valence-corrected chi connectivity index (χ1v) is 23.8. The molecule has 64 heavy (non-hydrogen) atoms. The van der Waals surface area contributed by atoms with Gasteiger partial charge in [-0.3, -0.25) is 28.7 Å². The van der Waals surface area contributed by atoms with E-state index >= 15 is 0 Å². The van der Waals surface area contributed by atoms with Crippen molar-refractivity contribution in [2.24, 2.45) is 20.8 Å². The molecule has 2 aliphatic rings. The number of halogens is 2. The summed E-state index contributed by atoms with van der Waals surface area (Å²) in [6.45, 7) is 28.7. The van der Waals surface area contributed by atoms with Crippen molar-refractivity contribution in [1.29, 1.82) is 0 Å². The third-order valence-corrected chi connectivity index (χ3v) is 14.6. The maximum atomic E-state index is 13.1. The summed E-state index contributed by atoms with van der Waals surface area (Å²) in [6, 6.07) is 15.5. The Bertz CT molecular complexity index is 2850. The van der Waals surface area contributed by atoms with Crippen LogP contribution in [0.1, 0.15) is 135 Å². The van der Waals surface area contributed by atoms with E-state index in [0.29, 0.717) is 28.8 Å². The predicted octanol–water partition coefficient (Wildman–Crippen LogP) is 11.5. The Morgan fingerprint density at radius 3 is 1.45 bits per heavy atom. The van der Waals surface area contributed by atoms with Crippen LogP contribution in [0.25, 0.3) is 10.0 Å². The molecule has 0 radical (unpaired) electrons. The molecule has 11 nitrogen and oxygen atoms in total. The Morgan fingerprint density at radius 2 is 1.05 bits per heavy atom. The number of benzene rings is 2. The number of hydrogen-bond donors (Lipinski definition) is 1. The number of amides is 1. The lowest BCUT2D eigenvalue weighted by molar-refractivity contribution is -0.128. The number of carbonyl (C=O) groups is 2. The Hall–Kier alpha value is -4.82. The van der Waals surface area contributed by atoms with Gasteiger partial charge in [0.05, 0.1) is 11.4 Å². The maximum absolute atomic E-state index is 13.1. The van der Waals surface area contributed by atoms with Crippen LogP contribution in [-0.4, -0.2) is 59.2 Å². The topological polar surface area (TPSA) is 132 Å². The van der Waals surface area contributed by atoms with E-state index in [1.165, 1.54) is 20.9 Å². The first-order valence-electron chi connectivity index (χ1n) is 21.4. The van der Waals surface area contributed by atoms with Gasteiger partial charge in [0.15, 0.2) is 11.6 Å². The fourth-order valence-corrected chi connectivity index (χ4v) is 10.8. The molecule has 4 aromatic heterocycles. The molecule has 15 heteroatoms. The molecule has 2 aliphatic heterocycles. The van der Waals surface area contributed by atoms with Crippen LogP contribution in [0.15, 0.2) is 58.5 Å². The summed E-state index contributed by atoms with van der Waals surface area (Å²) >= 11 is 15.8. The van der Waals surface area contributed by atoms with Crippen molar-refractivity contribution < 1.29 is 9.59 Å². The fourth-order valence-electron chi connectivity index (χ4n) is 8.13. The number of nitrogens with zero attached hydrogens (tertiary/aromatic N) is 8. The standard InChI is InChI=1S/C25H29ClN4OS.C24H28ClN5OS/c1-14-15(2)32-22-20(14)21(17-8-10-18(26)11-9-17)27-25(7,13-19(31)12-24(4,5)6)23-29-28-16(3)30(22)23;1-13-14(2)32-20-18(13)19(16-8-10-17(25)11-9-16)27-24(7,12-26-22(31)23(4,5)6)21-29-28-15(3)30(20)21/h8-11H,12-13H2,1-7H3;8-11H,12H2,1-7H3,(H,26,31). The molecule has 8 rings (SSSR count). The quantitative estimate of drug-likeness (QED) is 0.169. The number of hydrogen-bond acceptors (Lipinski definition) is 10. The summed E-state index contributed by atoms with van der Waals surface area (Å²) in [5.41, 5.74) is 5.97. The van der Waals surface area contributed by atoms with Gasteiger partial charge in [0.2, 0.25) is 5.91 Å². The number of thiophene rings is 2. The van der Waals surface area contributed by atoms with Gasteiger partial charge in [0.25, 0.3) is 0 Å². The molecule has 2 unspecified atom stereocenters. The van der Waals surface area contributed by atoms with Crippen molar-refractivity contribution in [3.63, 3.8) is 0 Å². The van der Waals surface area contributed by atoms with Gasteiger partial charge in [-0.1, -0.05) is 89.0 Å². The molecule has 0 saturated heterocycles. The van der Waals surface area contributed by atoms with Gasteiger partial charge in [-0.2, -0.15) is 0 Å². The molecule has 2 atom stereocenters. The summed E-state index contributed by atoms with van der Waals surface area (Å²) < 4.78 is 4.19. The number of carbonyl (C=O) groups excluding carboxylic acids is 2. The van der Waals surface area contributed by atoms with Gasteiger partial charge >= 0.3 is 0 Å². The highest BCUT2D eigenvalue weighted by Crippen LogP contribution is 2.44. The second-order valence-electron chi connectivity index (χ2n) is 19.6. The average molecular weight is 939 g/mol. The molecule has 336 valence electrons. The Labute approximate surface area is 394 Å². The van der Waals surface area contributed by atoms with Crippen molar-refractivity contribution >= 4 is 69.0 Å². The molecular formula is C49H57Cl2N9O2S2. The molecule has 0 fully saturated rings. The number of fused-ring (bicyclic) bond motifs is 6. The molecule has 0 spiro atoms. The van der Waals surface area contributed by atoms with Crippen molar-refractivity contribution in [2.45, 2.75) is 121 Å². The lowest BCUT2D eigenvalue weighted by Crippen LogP contribution is -2.43. The summed E-state index contributed by atoms with van der Waals surface area (Å²) in [5, 5.41) is 24.4. The van der Waals surface area contributed by atoms with E-state index in [9.17, 15) is 9.59 Å². The summed E-state index contributed by atoms with van der Waals surface area (Å²) in [6.07, 6.45) is 0.758. The number of aromatic nitrogens is 6. The Kier molecular flexibility index (Phi) is 12.7. The lowest BCUT2D eigenvalue weighted by Gasteiger charge is -2.27. The van der Waals surface area contributed by atoms with E-state index in [-0.39, 0.29) is 23.5 Å². The second kappa shape index (κ2) is 17.2. The molecular weight excluding hydrogens is 882 g/mol.